The van der Waals surface area contributed by atoms with Gasteiger partial charge in [-0.25, -0.2) is 9.89 Å². The highest BCUT2D eigenvalue weighted by molar-refractivity contribution is 5.87. The van der Waals surface area contributed by atoms with Crippen molar-refractivity contribution in [3.05, 3.63) is 41.1 Å². The number of carbonyl (C=O) groups is 1. The molecule has 1 aromatic carbocycles. The first kappa shape index (κ1) is 13.1. The van der Waals surface area contributed by atoms with Gasteiger partial charge in [0.1, 0.15) is 6.10 Å². The Morgan fingerprint density at radius 2 is 2.10 bits per heavy atom. The summed E-state index contributed by atoms with van der Waals surface area (Å²) < 4.78 is 5.54. The van der Waals surface area contributed by atoms with Gasteiger partial charge >= 0.3 is 5.97 Å². The fourth-order valence-electron chi connectivity index (χ4n) is 2.36. The van der Waals surface area contributed by atoms with E-state index in [1.807, 2.05) is 12.1 Å². The topological polar surface area (TPSA) is 112 Å². The Hall–Kier alpha value is -2.88. The van der Waals surface area contributed by atoms with Crippen LogP contribution in [0.5, 0.6) is 5.88 Å². The van der Waals surface area contributed by atoms with E-state index in [0.29, 0.717) is 11.5 Å². The van der Waals surface area contributed by atoms with Gasteiger partial charge in [0.25, 0.3) is 5.88 Å². The number of aromatic carboxylic acids is 1. The monoisotopic (exact) mass is 284 g/mol. The Morgan fingerprint density at radius 3 is 2.71 bits per heavy atom. The second-order valence-electron chi connectivity index (χ2n) is 4.94. The predicted octanol–water partition coefficient (Wildman–Crippen LogP) is 1.70. The fourth-order valence-corrected chi connectivity index (χ4v) is 2.36. The number of nitrogens with one attached hydrogen (secondary N) is 1. The van der Waals surface area contributed by atoms with E-state index in [1.165, 1.54) is 0 Å². The SMILES string of the molecule is N#Cc1ccc([C@H]2C[C@H](Oc3nn[nH]c3C(=O)O)C2)cc1. The van der Waals surface area contributed by atoms with Crippen molar-refractivity contribution in [2.24, 2.45) is 0 Å². The highest BCUT2D eigenvalue weighted by Crippen LogP contribution is 2.39. The smallest absolute Gasteiger partial charge is 0.359 e. The molecule has 1 saturated carbocycles. The Bertz CT molecular complexity index is 696. The van der Waals surface area contributed by atoms with Crippen LogP contribution in [-0.2, 0) is 0 Å². The van der Waals surface area contributed by atoms with Crippen LogP contribution in [0.1, 0.15) is 40.4 Å². The predicted molar refractivity (Wildman–Crippen MR) is 70.9 cm³/mol. The zero-order valence-electron chi connectivity index (χ0n) is 11.0. The first-order valence-corrected chi connectivity index (χ1v) is 6.48. The lowest BCUT2D eigenvalue weighted by Gasteiger charge is -2.35. The molecule has 0 saturated heterocycles. The molecule has 0 amide bonds. The molecule has 1 aromatic heterocycles. The maximum Gasteiger partial charge on any atom is 0.359 e. The number of nitrogens with zero attached hydrogens (tertiary/aromatic N) is 3. The van der Waals surface area contributed by atoms with Crippen molar-refractivity contribution in [1.82, 2.24) is 15.4 Å². The van der Waals surface area contributed by atoms with Gasteiger partial charge in [0.05, 0.1) is 11.6 Å². The molecule has 0 bridgehead atoms. The van der Waals surface area contributed by atoms with Gasteiger partial charge in [-0.05, 0) is 36.5 Å². The number of rotatable bonds is 4. The Balaban J connectivity index is 1.59. The second kappa shape index (κ2) is 5.25. The number of carboxylic acid groups (broad SMARTS) is 1. The molecule has 2 aromatic rings. The van der Waals surface area contributed by atoms with Crippen LogP contribution in [0.25, 0.3) is 0 Å². The minimum absolute atomic E-state index is 0.0331. The van der Waals surface area contributed by atoms with Crippen LogP contribution in [0.15, 0.2) is 24.3 Å². The number of H-pyrrole nitrogens is 1. The highest BCUT2D eigenvalue weighted by atomic mass is 16.5. The van der Waals surface area contributed by atoms with Gasteiger partial charge in [-0.2, -0.15) is 5.26 Å². The molecular weight excluding hydrogens is 272 g/mol. The minimum atomic E-state index is -1.14. The molecule has 21 heavy (non-hydrogen) atoms. The average molecular weight is 284 g/mol. The first-order chi connectivity index (χ1) is 10.2. The second-order valence-corrected chi connectivity index (χ2v) is 4.94. The summed E-state index contributed by atoms with van der Waals surface area (Å²) in [6.45, 7) is 0. The Morgan fingerprint density at radius 1 is 1.38 bits per heavy atom. The molecule has 1 heterocycles. The molecule has 0 aliphatic heterocycles. The first-order valence-electron chi connectivity index (χ1n) is 6.48. The maximum atomic E-state index is 10.9. The van der Waals surface area contributed by atoms with E-state index in [0.717, 1.165) is 18.4 Å². The number of nitriles is 1. The summed E-state index contributed by atoms with van der Waals surface area (Å²) in [6, 6.07) is 9.56. The lowest BCUT2D eigenvalue weighted by atomic mass is 9.77. The van der Waals surface area contributed by atoms with E-state index in [1.54, 1.807) is 12.1 Å². The molecule has 7 heteroatoms. The van der Waals surface area contributed by atoms with Gasteiger partial charge in [0.2, 0.25) is 5.69 Å². The zero-order chi connectivity index (χ0) is 14.8. The molecule has 7 nitrogen and oxygen atoms in total. The van der Waals surface area contributed by atoms with Crippen molar-refractivity contribution >= 4 is 5.97 Å². The summed E-state index contributed by atoms with van der Waals surface area (Å²) in [7, 11) is 0. The summed E-state index contributed by atoms with van der Waals surface area (Å²) in [5.74, 6) is -0.744. The van der Waals surface area contributed by atoms with Crippen LogP contribution in [0.4, 0.5) is 0 Å². The number of carboxylic acids is 1. The van der Waals surface area contributed by atoms with Crippen molar-refractivity contribution in [3.8, 4) is 11.9 Å². The molecule has 0 radical (unpaired) electrons. The fraction of sp³-hybridized carbons (Fsp3) is 0.286. The average Bonchev–Trinajstić information content (AvgIpc) is 2.91. The van der Waals surface area contributed by atoms with Crippen LogP contribution in [0.2, 0.25) is 0 Å². The minimum Gasteiger partial charge on any atom is -0.476 e. The van der Waals surface area contributed by atoms with Gasteiger partial charge in [-0.15, -0.1) is 0 Å². The van der Waals surface area contributed by atoms with Crippen molar-refractivity contribution in [3.63, 3.8) is 0 Å². The van der Waals surface area contributed by atoms with Crippen LogP contribution in [0, 0.1) is 11.3 Å². The highest BCUT2D eigenvalue weighted by Gasteiger charge is 2.33. The van der Waals surface area contributed by atoms with E-state index in [2.05, 4.69) is 21.5 Å². The van der Waals surface area contributed by atoms with Crippen molar-refractivity contribution < 1.29 is 14.6 Å². The van der Waals surface area contributed by atoms with Crippen LogP contribution >= 0.6 is 0 Å². The molecule has 0 unspecified atom stereocenters. The molecule has 0 atom stereocenters. The van der Waals surface area contributed by atoms with Crippen LogP contribution in [0.3, 0.4) is 0 Å². The zero-order valence-corrected chi connectivity index (χ0v) is 11.0. The third-order valence-electron chi connectivity index (χ3n) is 3.61. The molecular formula is C14H12N4O3. The lowest BCUT2D eigenvalue weighted by Crippen LogP contribution is -2.32. The van der Waals surface area contributed by atoms with Gasteiger partial charge in [-0.3, -0.25) is 0 Å². The van der Waals surface area contributed by atoms with Gasteiger partial charge in [0, 0.05) is 0 Å². The summed E-state index contributed by atoms with van der Waals surface area (Å²) in [6.07, 6.45) is 1.52. The Kier molecular flexibility index (Phi) is 3.28. The molecule has 1 aliphatic carbocycles. The summed E-state index contributed by atoms with van der Waals surface area (Å²) in [4.78, 5) is 10.9. The standard InChI is InChI=1S/C14H12N4O3/c15-7-8-1-3-9(4-2-8)10-5-11(6-10)21-13-12(14(19)20)16-18-17-13/h1-4,10-11H,5-6H2,(H,19,20)(H,16,17,18)/t10-,11-. The molecule has 106 valence electrons. The number of hydrogen-bond donors (Lipinski definition) is 2. The summed E-state index contributed by atoms with van der Waals surface area (Å²) >= 11 is 0. The van der Waals surface area contributed by atoms with Gasteiger partial charge < -0.3 is 9.84 Å². The third kappa shape index (κ3) is 2.56. The van der Waals surface area contributed by atoms with E-state index in [-0.39, 0.29) is 17.7 Å². The Labute approximate surface area is 120 Å². The molecule has 1 fully saturated rings. The van der Waals surface area contributed by atoms with Crippen molar-refractivity contribution in [2.45, 2.75) is 24.9 Å². The maximum absolute atomic E-state index is 10.9. The van der Waals surface area contributed by atoms with Crippen molar-refractivity contribution in [1.29, 1.82) is 5.26 Å². The molecule has 3 rings (SSSR count). The summed E-state index contributed by atoms with van der Waals surface area (Å²) in [5.41, 5.74) is 1.67. The van der Waals surface area contributed by atoms with Gasteiger partial charge in [-0.1, -0.05) is 22.4 Å². The van der Waals surface area contributed by atoms with E-state index >= 15 is 0 Å². The molecule has 1 aliphatic rings. The number of ether oxygens (including phenoxy) is 1. The number of hydrogen-bond acceptors (Lipinski definition) is 5. The molecule has 2 N–H and O–H groups in total. The molecule has 0 spiro atoms. The number of aromatic nitrogens is 3. The third-order valence-corrected chi connectivity index (χ3v) is 3.61. The summed E-state index contributed by atoms with van der Waals surface area (Å²) in [5, 5.41) is 27.1. The normalized spacial score (nSPS) is 20.3. The van der Waals surface area contributed by atoms with Gasteiger partial charge in [0.15, 0.2) is 0 Å². The van der Waals surface area contributed by atoms with Crippen LogP contribution in [-0.4, -0.2) is 32.6 Å². The van der Waals surface area contributed by atoms with Crippen LogP contribution < -0.4 is 4.74 Å². The lowest BCUT2D eigenvalue weighted by molar-refractivity contribution is 0.0660. The quantitative estimate of drug-likeness (QED) is 0.883. The van der Waals surface area contributed by atoms with E-state index < -0.39 is 5.97 Å². The number of benzene rings is 1. The van der Waals surface area contributed by atoms with Crippen molar-refractivity contribution in [2.75, 3.05) is 0 Å². The van der Waals surface area contributed by atoms with E-state index in [9.17, 15) is 4.79 Å². The van der Waals surface area contributed by atoms with E-state index in [4.69, 9.17) is 15.1 Å². The largest absolute Gasteiger partial charge is 0.476 e. The number of aromatic amines is 1.